The Labute approximate surface area is 820 Å². The molecule has 0 unspecified atom stereocenters. The van der Waals surface area contributed by atoms with Gasteiger partial charge in [0.1, 0.15) is 28.1 Å². The number of fused-ring (bicyclic) bond motifs is 3. The minimum absolute atomic E-state index is 0.845. The van der Waals surface area contributed by atoms with E-state index in [0.29, 0.717) is 0 Å². The highest BCUT2D eigenvalue weighted by Gasteiger charge is 1.92. The second-order valence-electron chi connectivity index (χ2n) is 15.4. The summed E-state index contributed by atoms with van der Waals surface area (Å²) in [7, 11) is 0. The Balaban J connectivity index is -0.0000000542. The molecule has 0 amide bonds. The van der Waals surface area contributed by atoms with Crippen molar-refractivity contribution in [2.45, 2.75) is 339 Å². The van der Waals surface area contributed by atoms with Crippen molar-refractivity contribution in [2.24, 2.45) is 0 Å². The van der Waals surface area contributed by atoms with Crippen LogP contribution in [0.15, 0.2) is 329 Å². The molecule has 0 saturated heterocycles. The van der Waals surface area contributed by atoms with Crippen LogP contribution in [0.1, 0.15) is 334 Å². The minimum Gasteiger partial charge on any atom is -0.473 e. The maximum absolute atomic E-state index is 5.01. The highest BCUT2D eigenvalue weighted by Crippen LogP contribution is 2.16. The van der Waals surface area contributed by atoms with Crippen LogP contribution < -0.4 is 0 Å². The van der Waals surface area contributed by atoms with Crippen LogP contribution >= 0.6 is 45.3 Å². The minimum atomic E-state index is 0.845. The summed E-state index contributed by atoms with van der Waals surface area (Å²) in [4.78, 5) is 32.9. The highest BCUT2D eigenvalue weighted by atomic mass is 32.1. The lowest BCUT2D eigenvalue weighted by Gasteiger charge is -1.92. The number of aromatic amines is 2. The first kappa shape index (κ1) is 170. The quantitative estimate of drug-likeness (QED) is 0.145. The smallest absolute Gasteiger partial charge is 0.181 e. The van der Waals surface area contributed by atoms with Crippen molar-refractivity contribution in [3.8, 4) is 0 Å². The van der Waals surface area contributed by atoms with Crippen LogP contribution in [0.2, 0.25) is 0 Å². The number of hydrogen-bond donors (Lipinski definition) is 2. The first-order valence-electron chi connectivity index (χ1n) is 48.4. The molecule has 0 aliphatic heterocycles. The van der Waals surface area contributed by atoms with E-state index in [1.165, 1.54) is 46.4 Å². The standard InChI is InChI=1S/C10H8.C7H5NO.C7H5NS.C7H8.C5H5N.C4H6N2S.C4H4N2.C4H4O.C4H4S.2C3H4N2.C3H3NO.C3H3NS.23C2H6/c1-2-6-10-8-4-3-7-9(10)5-1;2*1-2-4-7-6(3-1)8-5-9-7;1-7-5-3-2-4-6-7;1-2-4-6-5-3-1;1-3-5-6-4(2)7-3;1-2-5-4-6-3-1;2*1-2-4-5-3-1;1-2-5-3-4-1;1-2-4-5-3-1;2*1-2-5-3-4-1;23*1-2/h1-8H;2*1-5H;2-6H,1H3;1-5H;1-2H3;1-4H;2*1-4H;2*1-3H,(H,4,5);2*1-3H;23*1-2H3. The van der Waals surface area contributed by atoms with Crippen molar-refractivity contribution in [3.63, 3.8) is 0 Å². The summed E-state index contributed by atoms with van der Waals surface area (Å²) >= 11 is 6.61. The van der Waals surface area contributed by atoms with Crippen LogP contribution in [0.3, 0.4) is 0 Å². The van der Waals surface area contributed by atoms with Gasteiger partial charge in [0, 0.05) is 61.2 Å². The molecule has 16 rings (SSSR count). The molecule has 0 saturated carbocycles. The third-order valence-electron chi connectivity index (χ3n) is 9.10. The number of para-hydroxylation sites is 3. The Morgan fingerprint density at radius 3 is 0.915 bits per heavy atom. The van der Waals surface area contributed by atoms with E-state index in [1.54, 1.807) is 138 Å². The fraction of sp³-hybridized carbons (Fsp3) is 0.445. The average Bonchev–Trinajstić information content (AvgIpc) is 1.73. The van der Waals surface area contributed by atoms with E-state index in [-0.39, 0.29) is 0 Å². The summed E-state index contributed by atoms with van der Waals surface area (Å²) in [5.74, 6) is 0. The van der Waals surface area contributed by atoms with Crippen LogP contribution in [0.4, 0.5) is 0 Å². The second-order valence-corrected chi connectivity index (χ2v) is 19.2. The number of nitrogens with zero attached hydrogens (tertiary/aromatic N) is 11. The third-order valence-corrected chi connectivity index (χ3v) is 11.8. The molecule has 0 fully saturated rings. The predicted octanol–water partition coefficient (Wildman–Crippen LogP) is 40.9. The number of nitrogens with one attached hydrogen (secondary N) is 2. The van der Waals surface area contributed by atoms with Crippen molar-refractivity contribution in [2.75, 3.05) is 0 Å². The van der Waals surface area contributed by atoms with Crippen LogP contribution in [-0.2, 0) is 0 Å². The first-order chi connectivity index (χ1) is 64.6. The first-order valence-corrected chi connectivity index (χ1v) is 51.9. The number of oxazole rings is 2. The number of thiazole rings is 2. The fourth-order valence-electron chi connectivity index (χ4n) is 5.47. The summed E-state index contributed by atoms with van der Waals surface area (Å²) < 4.78 is 15.3. The van der Waals surface area contributed by atoms with Crippen LogP contribution in [-0.4, -0.2) is 65.3 Å². The van der Waals surface area contributed by atoms with Gasteiger partial charge in [0.05, 0.1) is 46.3 Å². The van der Waals surface area contributed by atoms with Gasteiger partial charge in [-0.05, 0) is 103 Å². The lowest BCUT2D eigenvalue weighted by Crippen LogP contribution is -1.68. The molecule has 5 aromatic carbocycles. The summed E-state index contributed by atoms with van der Waals surface area (Å²) in [5.41, 5.74) is 7.84. The number of benzene rings is 5. The molecule has 0 radical (unpaired) electrons. The number of thiophene rings is 1. The predicted molar refractivity (Wildman–Crippen MR) is 604 cm³/mol. The molecule has 0 bridgehead atoms. The van der Waals surface area contributed by atoms with E-state index < -0.39 is 0 Å². The fourth-order valence-corrected chi connectivity index (χ4v) is 7.54. The van der Waals surface area contributed by atoms with Gasteiger partial charge in [-0.3, -0.25) is 15.1 Å². The van der Waals surface area contributed by atoms with E-state index in [1.807, 2.05) is 463 Å². The zero-order chi connectivity index (χ0) is 105. The van der Waals surface area contributed by atoms with Gasteiger partial charge in [0.15, 0.2) is 18.4 Å². The number of pyridine rings is 1. The normalized spacial score (nSPS) is 6.81. The van der Waals surface area contributed by atoms with E-state index in [2.05, 4.69) is 148 Å². The van der Waals surface area contributed by atoms with E-state index in [9.17, 15) is 0 Å². The van der Waals surface area contributed by atoms with Gasteiger partial charge in [-0.15, -0.1) is 44.2 Å². The van der Waals surface area contributed by atoms with Crippen molar-refractivity contribution < 1.29 is 13.3 Å². The number of hydrogen-bond acceptors (Lipinski definition) is 18. The molecule has 0 aliphatic carbocycles. The Bertz CT molecular complexity index is 3160. The Hall–Kier alpha value is -10.3. The molecule has 130 heavy (non-hydrogen) atoms. The van der Waals surface area contributed by atoms with Gasteiger partial charge in [-0.2, -0.15) is 16.4 Å². The monoisotopic (exact) mass is 1880 g/mol. The molecule has 20 heteroatoms. The molecular weight excluding hydrogens is 1680 g/mol. The SMILES string of the molecule is CC.CC.CC.CC.CC.CC.CC.CC.CC.CC.CC.CC.CC.CC.CC.CC.CC.CC.CC.CC.CC.CC.CC.Cc1ccccc1.Cc1nnc(C)s1.c1c[nH]cn1.c1ccc2ccccc2c1.c1ccc2ocnc2c1.c1ccc2scnc2c1.c1ccncc1.c1ccoc1.c1ccsc1.c1cn[nH]c1.c1cncnc1.c1cocn1.c1cscn1. The Morgan fingerprint density at radius 2 is 0.692 bits per heavy atom. The largest absolute Gasteiger partial charge is 0.473 e. The zero-order valence-electron chi connectivity index (χ0n) is 92.3. The van der Waals surface area contributed by atoms with Crippen molar-refractivity contribution in [3.05, 3.63) is 331 Å². The van der Waals surface area contributed by atoms with Gasteiger partial charge in [-0.1, -0.05) is 445 Å². The average molecular weight is 1880 g/mol. The molecule has 11 heterocycles. The lowest BCUT2D eigenvalue weighted by molar-refractivity contribution is 0.558. The summed E-state index contributed by atoms with van der Waals surface area (Å²) in [6.07, 6.45) is 27.9. The second kappa shape index (κ2) is 209. The summed E-state index contributed by atoms with van der Waals surface area (Å²) in [6.45, 7) is 98.0. The van der Waals surface area contributed by atoms with E-state index in [4.69, 9.17) is 4.42 Å². The molecule has 0 aliphatic rings. The van der Waals surface area contributed by atoms with Gasteiger partial charge in [-0.25, -0.2) is 29.9 Å². The van der Waals surface area contributed by atoms with Crippen molar-refractivity contribution in [1.82, 2.24) is 65.3 Å². The Morgan fingerprint density at radius 1 is 0.277 bits per heavy atom. The van der Waals surface area contributed by atoms with Gasteiger partial charge in [0.25, 0.3) is 0 Å². The number of furan rings is 1. The number of rotatable bonds is 0. The number of H-pyrrole nitrogens is 2. The van der Waals surface area contributed by atoms with E-state index >= 15 is 0 Å². The van der Waals surface area contributed by atoms with Crippen LogP contribution in [0.25, 0.3) is 32.1 Å². The highest BCUT2D eigenvalue weighted by molar-refractivity contribution is 7.16. The number of aromatic nitrogens is 13. The molecule has 2 N–H and O–H groups in total. The molecule has 16 nitrogen and oxygen atoms in total. The van der Waals surface area contributed by atoms with Gasteiger partial charge >= 0.3 is 0 Å². The van der Waals surface area contributed by atoms with Gasteiger partial charge in [0.2, 0.25) is 0 Å². The maximum Gasteiger partial charge on any atom is 0.181 e. The molecule has 16 aromatic rings. The molecular formula is C110H201N13O3S4. The van der Waals surface area contributed by atoms with Crippen molar-refractivity contribution in [1.29, 1.82) is 0 Å². The summed E-state index contributed by atoms with van der Waals surface area (Å²) in [5, 5.41) is 24.5. The summed E-state index contributed by atoms with van der Waals surface area (Å²) in [6, 6.07) is 59.8. The van der Waals surface area contributed by atoms with Crippen molar-refractivity contribution >= 4 is 77.4 Å². The number of aryl methyl sites for hydroxylation is 3. The Kier molecular flexibility index (Phi) is 273. The maximum atomic E-state index is 5.01. The molecule has 11 aromatic heterocycles. The molecule has 0 spiro atoms. The van der Waals surface area contributed by atoms with Crippen LogP contribution in [0, 0.1) is 20.8 Å². The number of imidazole rings is 1. The topological polar surface area (TPSA) is 213 Å². The van der Waals surface area contributed by atoms with E-state index in [0.717, 1.165) is 26.6 Å². The lowest BCUT2D eigenvalue weighted by atomic mass is 10.1. The molecule has 748 valence electrons. The molecule has 0 atom stereocenters. The van der Waals surface area contributed by atoms with Crippen LogP contribution in [0.5, 0.6) is 0 Å². The third kappa shape index (κ3) is 158. The van der Waals surface area contributed by atoms with Gasteiger partial charge < -0.3 is 18.2 Å². The zero-order valence-corrected chi connectivity index (χ0v) is 95.6.